The van der Waals surface area contributed by atoms with E-state index in [1.165, 1.54) is 7.11 Å². The molecule has 1 aromatic carbocycles. The topological polar surface area (TPSA) is 106 Å². The van der Waals surface area contributed by atoms with Crippen LogP contribution in [0.15, 0.2) is 22.6 Å². The van der Waals surface area contributed by atoms with Crippen molar-refractivity contribution in [1.82, 2.24) is 20.5 Å². The number of fused-ring (bicyclic) bond motifs is 1. The summed E-state index contributed by atoms with van der Waals surface area (Å²) < 4.78 is 72.5. The van der Waals surface area contributed by atoms with Crippen LogP contribution in [0.25, 0.3) is 11.1 Å². The van der Waals surface area contributed by atoms with Gasteiger partial charge in [-0.3, -0.25) is 0 Å². The van der Waals surface area contributed by atoms with Gasteiger partial charge in [-0.15, -0.1) is 0 Å². The third kappa shape index (κ3) is 7.11. The van der Waals surface area contributed by atoms with Gasteiger partial charge in [-0.2, -0.15) is 0 Å². The van der Waals surface area contributed by atoms with Gasteiger partial charge in [-0.25, -0.2) is 32.1 Å². The molecule has 1 aliphatic heterocycles. The van der Waals surface area contributed by atoms with Gasteiger partial charge in [0.2, 0.25) is 11.8 Å². The van der Waals surface area contributed by atoms with Gasteiger partial charge in [-0.05, 0) is 57.2 Å². The second kappa shape index (κ2) is 10.8. The summed E-state index contributed by atoms with van der Waals surface area (Å²) in [5, 5.41) is 4.95. The van der Waals surface area contributed by atoms with E-state index in [1.807, 2.05) is 0 Å². The fourth-order valence-electron chi connectivity index (χ4n) is 4.97. The average molecular weight is 559 g/mol. The van der Waals surface area contributed by atoms with Crippen LogP contribution in [-0.4, -0.2) is 66.3 Å². The summed E-state index contributed by atoms with van der Waals surface area (Å²) in [5.74, 6) is -6.13. The van der Waals surface area contributed by atoms with Crippen molar-refractivity contribution in [2.75, 3.05) is 26.8 Å². The van der Waals surface area contributed by atoms with Crippen LogP contribution >= 0.6 is 0 Å². The predicted molar refractivity (Wildman–Crippen MR) is 133 cm³/mol. The van der Waals surface area contributed by atoms with Gasteiger partial charge in [0.05, 0.1) is 25.7 Å². The van der Waals surface area contributed by atoms with Crippen molar-refractivity contribution in [3.05, 3.63) is 29.7 Å². The van der Waals surface area contributed by atoms with Crippen LogP contribution in [0.3, 0.4) is 0 Å². The Morgan fingerprint density at radius 3 is 2.56 bits per heavy atom. The molecule has 3 amide bonds. The van der Waals surface area contributed by atoms with Gasteiger partial charge < -0.3 is 29.4 Å². The number of carbonyl (C=O) groups is 2. The maximum atomic E-state index is 14.1. The Labute approximate surface area is 223 Å². The summed E-state index contributed by atoms with van der Waals surface area (Å²) in [4.78, 5) is 30.6. The number of oxazole rings is 1. The lowest BCUT2D eigenvalue weighted by atomic mass is 9.82. The SMILES string of the molecule is COC[C@@H](c1ccc2oc([C@@H](NC(=O)OC(C)(C)C)C3CCC(F)(F)CC3)nc2c1)N1CC(F)(F)CNC1=O. The molecule has 13 heteroatoms. The maximum Gasteiger partial charge on any atom is 0.408 e. The van der Waals surface area contributed by atoms with Crippen LogP contribution in [0.4, 0.5) is 27.2 Å². The minimum Gasteiger partial charge on any atom is -0.444 e. The molecule has 2 atom stereocenters. The molecule has 0 bridgehead atoms. The van der Waals surface area contributed by atoms with Gasteiger partial charge in [0.15, 0.2) is 5.58 Å². The lowest BCUT2D eigenvalue weighted by Gasteiger charge is -2.38. The fraction of sp³-hybridized carbons (Fsp3) is 0.654. The smallest absolute Gasteiger partial charge is 0.408 e. The standard InChI is InChI=1S/C26H34F4N4O5/c1-24(2,3)39-23(36)33-20(15-7-9-25(27,28)10-8-15)21-32-17-11-16(5-6-19(17)38-21)18(12-37-4)34-14-26(29,30)13-31-22(34)35/h5-6,11,15,18,20H,7-10,12-14H2,1-4H3,(H,31,35)(H,33,36)/t18-,20-/m0/s1. The van der Waals surface area contributed by atoms with E-state index in [0.717, 1.165) is 4.90 Å². The van der Waals surface area contributed by atoms with Crippen LogP contribution in [-0.2, 0) is 9.47 Å². The Morgan fingerprint density at radius 2 is 1.92 bits per heavy atom. The first-order valence-electron chi connectivity index (χ1n) is 12.9. The second-order valence-corrected chi connectivity index (χ2v) is 11.2. The Hall–Kier alpha value is -3.09. The van der Waals surface area contributed by atoms with Crippen molar-refractivity contribution < 1.29 is 41.0 Å². The number of benzene rings is 1. The molecule has 0 spiro atoms. The quantitative estimate of drug-likeness (QED) is 0.431. The second-order valence-electron chi connectivity index (χ2n) is 11.2. The summed E-state index contributed by atoms with van der Waals surface area (Å²) in [6.07, 6.45) is -1.09. The summed E-state index contributed by atoms with van der Waals surface area (Å²) in [7, 11) is 1.40. The molecule has 1 saturated heterocycles. The van der Waals surface area contributed by atoms with E-state index in [1.54, 1.807) is 39.0 Å². The molecule has 2 N–H and O–H groups in total. The highest BCUT2D eigenvalue weighted by molar-refractivity contribution is 5.77. The molecular formula is C26H34F4N4O5. The Kier molecular flexibility index (Phi) is 8.02. The highest BCUT2D eigenvalue weighted by Gasteiger charge is 2.43. The van der Waals surface area contributed by atoms with E-state index >= 15 is 0 Å². The highest BCUT2D eigenvalue weighted by Crippen LogP contribution is 2.42. The number of halogens is 4. The first-order valence-corrected chi connectivity index (χ1v) is 12.9. The van der Waals surface area contributed by atoms with Gasteiger partial charge in [0.1, 0.15) is 17.2 Å². The van der Waals surface area contributed by atoms with Crippen LogP contribution in [0.2, 0.25) is 0 Å². The minimum absolute atomic E-state index is 0.0428. The number of urea groups is 1. The molecule has 1 aliphatic carbocycles. The molecule has 39 heavy (non-hydrogen) atoms. The Balaban J connectivity index is 1.64. The van der Waals surface area contributed by atoms with Crippen molar-refractivity contribution in [2.24, 2.45) is 5.92 Å². The molecule has 216 valence electrons. The molecule has 2 aromatic rings. The van der Waals surface area contributed by atoms with Crippen LogP contribution in [0, 0.1) is 5.92 Å². The maximum absolute atomic E-state index is 14.1. The molecule has 1 aromatic heterocycles. The fourth-order valence-corrected chi connectivity index (χ4v) is 4.97. The molecule has 1 saturated carbocycles. The van der Waals surface area contributed by atoms with Crippen molar-refractivity contribution in [1.29, 1.82) is 0 Å². The number of ether oxygens (including phenoxy) is 2. The van der Waals surface area contributed by atoms with Crippen molar-refractivity contribution in [2.45, 2.75) is 76.0 Å². The van der Waals surface area contributed by atoms with Crippen molar-refractivity contribution in [3.8, 4) is 0 Å². The zero-order valence-corrected chi connectivity index (χ0v) is 22.4. The summed E-state index contributed by atoms with van der Waals surface area (Å²) in [6, 6.07) is 2.52. The van der Waals surface area contributed by atoms with Crippen LogP contribution in [0.5, 0.6) is 0 Å². The van der Waals surface area contributed by atoms with E-state index < -0.39 is 54.7 Å². The van der Waals surface area contributed by atoms with Gasteiger partial charge >= 0.3 is 12.1 Å². The number of rotatable bonds is 7. The van der Waals surface area contributed by atoms with Crippen molar-refractivity contribution in [3.63, 3.8) is 0 Å². The molecule has 2 heterocycles. The van der Waals surface area contributed by atoms with E-state index in [-0.39, 0.29) is 44.1 Å². The number of alkyl carbamates (subject to hydrolysis) is 1. The number of aromatic nitrogens is 1. The summed E-state index contributed by atoms with van der Waals surface area (Å²) in [5.41, 5.74) is 0.407. The Bertz CT molecular complexity index is 1190. The molecule has 2 fully saturated rings. The average Bonchev–Trinajstić information content (AvgIpc) is 3.25. The van der Waals surface area contributed by atoms with Gasteiger partial charge in [0.25, 0.3) is 5.92 Å². The van der Waals surface area contributed by atoms with Crippen LogP contribution in [0.1, 0.15) is 70.0 Å². The number of amides is 3. The normalized spacial score (nSPS) is 21.3. The van der Waals surface area contributed by atoms with Gasteiger partial charge in [-0.1, -0.05) is 6.07 Å². The number of nitrogens with zero attached hydrogens (tertiary/aromatic N) is 2. The summed E-state index contributed by atoms with van der Waals surface area (Å²) >= 11 is 0. The number of nitrogens with one attached hydrogen (secondary N) is 2. The Morgan fingerprint density at radius 1 is 1.23 bits per heavy atom. The van der Waals surface area contributed by atoms with E-state index in [9.17, 15) is 27.2 Å². The number of hydrogen-bond acceptors (Lipinski definition) is 6. The number of hydrogen-bond donors (Lipinski definition) is 2. The molecule has 0 radical (unpaired) electrons. The van der Waals surface area contributed by atoms with E-state index in [2.05, 4.69) is 15.6 Å². The van der Waals surface area contributed by atoms with E-state index in [0.29, 0.717) is 16.7 Å². The van der Waals surface area contributed by atoms with Crippen LogP contribution < -0.4 is 10.6 Å². The summed E-state index contributed by atoms with van der Waals surface area (Å²) in [6.45, 7) is 3.56. The lowest BCUT2D eigenvalue weighted by molar-refractivity contribution is -0.0512. The molecule has 0 unspecified atom stereocenters. The van der Waals surface area contributed by atoms with Gasteiger partial charge in [0, 0.05) is 20.0 Å². The third-order valence-corrected chi connectivity index (χ3v) is 6.85. The number of alkyl halides is 4. The largest absolute Gasteiger partial charge is 0.444 e. The first kappa shape index (κ1) is 28.9. The zero-order valence-electron chi connectivity index (χ0n) is 22.4. The third-order valence-electron chi connectivity index (χ3n) is 6.85. The molecule has 9 nitrogen and oxygen atoms in total. The van der Waals surface area contributed by atoms with Crippen molar-refractivity contribution >= 4 is 23.2 Å². The minimum atomic E-state index is -3.11. The number of carbonyl (C=O) groups excluding carboxylic acids is 2. The number of methoxy groups -OCH3 is 1. The van der Waals surface area contributed by atoms with E-state index in [4.69, 9.17) is 13.9 Å². The highest BCUT2D eigenvalue weighted by atomic mass is 19.3. The molecule has 2 aliphatic rings. The lowest BCUT2D eigenvalue weighted by Crippen LogP contribution is -2.58. The molecular weight excluding hydrogens is 524 g/mol. The molecule has 4 rings (SSSR count). The zero-order chi connectivity index (χ0) is 28.6. The monoisotopic (exact) mass is 558 g/mol. The predicted octanol–water partition coefficient (Wildman–Crippen LogP) is 5.57. The first-order chi connectivity index (χ1) is 18.2.